The molecule has 1 aliphatic rings. The molecule has 7 nitrogen and oxygen atoms in total. The van der Waals surface area contributed by atoms with Crippen molar-refractivity contribution in [3.63, 3.8) is 0 Å². The number of hydrogen-bond donors (Lipinski definition) is 2. The van der Waals surface area contributed by atoms with Gasteiger partial charge >= 0.3 is 0 Å². The highest BCUT2D eigenvalue weighted by molar-refractivity contribution is 5.92. The van der Waals surface area contributed by atoms with Crippen molar-refractivity contribution in [2.75, 3.05) is 38.0 Å². The number of hydrogen-bond acceptors (Lipinski definition) is 3. The van der Waals surface area contributed by atoms with E-state index < -0.39 is 0 Å². The van der Waals surface area contributed by atoms with Gasteiger partial charge in [0.25, 0.3) is 5.91 Å². The third-order valence-electron chi connectivity index (χ3n) is 4.10. The average Bonchev–Trinajstić information content (AvgIpc) is 2.66. The molecule has 0 aliphatic carbocycles. The van der Waals surface area contributed by atoms with Gasteiger partial charge in [-0.05, 0) is 13.8 Å². The monoisotopic (exact) mass is 294 g/mol. The fourth-order valence-electron chi connectivity index (χ4n) is 2.68. The van der Waals surface area contributed by atoms with Gasteiger partial charge in [0.1, 0.15) is 0 Å². The summed E-state index contributed by atoms with van der Waals surface area (Å²) >= 11 is 0. The first-order chi connectivity index (χ1) is 9.88. The van der Waals surface area contributed by atoms with Crippen LogP contribution in [0.4, 0.5) is 5.69 Å². The predicted octanol–water partition coefficient (Wildman–Crippen LogP) is -1.28. The van der Waals surface area contributed by atoms with Crippen LogP contribution in [0.1, 0.15) is 18.3 Å². The molecule has 1 saturated heterocycles. The van der Waals surface area contributed by atoms with E-state index in [-0.39, 0.29) is 11.8 Å². The molecule has 2 N–H and O–H groups in total. The number of aromatic nitrogens is 2. The van der Waals surface area contributed by atoms with Crippen molar-refractivity contribution < 1.29 is 14.5 Å². The van der Waals surface area contributed by atoms with Gasteiger partial charge in [-0.2, -0.15) is 5.10 Å². The number of aryl methyl sites for hydroxylation is 2. The molecule has 21 heavy (non-hydrogen) atoms. The van der Waals surface area contributed by atoms with Crippen LogP contribution in [0.3, 0.4) is 0 Å². The molecule has 116 valence electrons. The third kappa shape index (κ3) is 3.60. The van der Waals surface area contributed by atoms with Gasteiger partial charge in [0.05, 0.1) is 43.3 Å². The lowest BCUT2D eigenvalue weighted by Gasteiger charge is -2.31. The molecular formula is C14H24N5O2+. The van der Waals surface area contributed by atoms with Crippen LogP contribution in [-0.4, -0.2) is 59.2 Å². The number of nitrogens with one attached hydrogen (secondary N) is 2. The Morgan fingerprint density at radius 3 is 2.38 bits per heavy atom. The molecule has 1 fully saturated rings. The Morgan fingerprint density at radius 2 is 1.90 bits per heavy atom. The van der Waals surface area contributed by atoms with Gasteiger partial charge < -0.3 is 15.1 Å². The molecule has 1 aromatic rings. The van der Waals surface area contributed by atoms with Crippen LogP contribution in [0.15, 0.2) is 0 Å². The van der Waals surface area contributed by atoms with E-state index >= 15 is 0 Å². The van der Waals surface area contributed by atoms with Gasteiger partial charge in [-0.15, -0.1) is 0 Å². The molecular weight excluding hydrogens is 270 g/mol. The van der Waals surface area contributed by atoms with E-state index in [1.54, 1.807) is 11.6 Å². The molecule has 2 heterocycles. The maximum atomic E-state index is 12.2. The lowest BCUT2D eigenvalue weighted by atomic mass is 10.3. The normalized spacial score (nSPS) is 16.1. The predicted molar refractivity (Wildman–Crippen MR) is 79.1 cm³/mol. The summed E-state index contributed by atoms with van der Waals surface area (Å²) in [6, 6.07) is 0. The van der Waals surface area contributed by atoms with Crippen molar-refractivity contribution in [2.24, 2.45) is 7.05 Å². The fraction of sp³-hybridized carbons (Fsp3) is 0.643. The number of carbonyl (C=O) groups excluding carboxylic acids is 2. The highest BCUT2D eigenvalue weighted by atomic mass is 16.2. The molecule has 1 aromatic heterocycles. The van der Waals surface area contributed by atoms with Gasteiger partial charge in [-0.1, -0.05) is 0 Å². The van der Waals surface area contributed by atoms with E-state index in [4.69, 9.17) is 0 Å². The zero-order chi connectivity index (χ0) is 15.6. The number of piperazine rings is 1. The summed E-state index contributed by atoms with van der Waals surface area (Å²) < 4.78 is 1.77. The Bertz CT molecular complexity index is 544. The van der Waals surface area contributed by atoms with E-state index in [1.165, 1.54) is 4.90 Å². The van der Waals surface area contributed by atoms with Crippen molar-refractivity contribution in [2.45, 2.75) is 20.8 Å². The van der Waals surface area contributed by atoms with Crippen molar-refractivity contribution in [3.8, 4) is 0 Å². The molecule has 0 unspecified atom stereocenters. The zero-order valence-electron chi connectivity index (χ0n) is 13.2. The van der Waals surface area contributed by atoms with Crippen molar-refractivity contribution >= 4 is 17.5 Å². The minimum absolute atomic E-state index is 0.000440. The number of carbonyl (C=O) groups is 2. The van der Waals surface area contributed by atoms with Crippen LogP contribution >= 0.6 is 0 Å². The fourth-order valence-corrected chi connectivity index (χ4v) is 2.68. The van der Waals surface area contributed by atoms with Crippen LogP contribution in [0.25, 0.3) is 0 Å². The topological polar surface area (TPSA) is 71.7 Å². The highest BCUT2D eigenvalue weighted by Gasteiger charge is 2.24. The van der Waals surface area contributed by atoms with E-state index in [0.717, 1.165) is 43.3 Å². The summed E-state index contributed by atoms with van der Waals surface area (Å²) in [7, 11) is 1.87. The summed E-state index contributed by atoms with van der Waals surface area (Å²) in [5, 5.41) is 7.25. The van der Waals surface area contributed by atoms with E-state index in [1.807, 2.05) is 25.8 Å². The van der Waals surface area contributed by atoms with Gasteiger partial charge in [0.2, 0.25) is 5.91 Å². The zero-order valence-corrected chi connectivity index (χ0v) is 13.2. The molecule has 0 saturated carbocycles. The SMILES string of the molecule is CC(=O)N1CC[NH+](CC(=O)Nc2c(C)nn(C)c2C)CC1. The Balaban J connectivity index is 1.87. The number of rotatable bonds is 3. The second-order valence-corrected chi connectivity index (χ2v) is 5.65. The van der Waals surface area contributed by atoms with Crippen LogP contribution in [-0.2, 0) is 16.6 Å². The Labute approximate surface area is 124 Å². The van der Waals surface area contributed by atoms with Crippen LogP contribution in [0, 0.1) is 13.8 Å². The van der Waals surface area contributed by atoms with Crippen molar-refractivity contribution in [1.82, 2.24) is 14.7 Å². The summed E-state index contributed by atoms with van der Waals surface area (Å²) in [5.41, 5.74) is 2.60. The molecule has 1 aliphatic heterocycles. The molecule has 0 radical (unpaired) electrons. The first kappa shape index (κ1) is 15.5. The largest absolute Gasteiger partial charge is 0.332 e. The molecule has 0 spiro atoms. The van der Waals surface area contributed by atoms with Gasteiger partial charge in [0, 0.05) is 14.0 Å². The lowest BCUT2D eigenvalue weighted by molar-refractivity contribution is -0.895. The molecule has 7 heteroatoms. The van der Waals surface area contributed by atoms with Crippen molar-refractivity contribution in [3.05, 3.63) is 11.4 Å². The molecule has 2 amide bonds. The Kier molecular flexibility index (Phi) is 4.62. The van der Waals surface area contributed by atoms with Crippen LogP contribution in [0.2, 0.25) is 0 Å². The summed E-state index contributed by atoms with van der Waals surface area (Å²) in [4.78, 5) is 26.5. The Morgan fingerprint density at radius 1 is 1.29 bits per heavy atom. The van der Waals surface area contributed by atoms with E-state index in [0.29, 0.717) is 6.54 Å². The third-order valence-corrected chi connectivity index (χ3v) is 4.10. The van der Waals surface area contributed by atoms with Crippen LogP contribution < -0.4 is 10.2 Å². The molecule has 2 rings (SSSR count). The van der Waals surface area contributed by atoms with E-state index in [2.05, 4.69) is 10.4 Å². The minimum Gasteiger partial charge on any atom is -0.332 e. The van der Waals surface area contributed by atoms with Crippen LogP contribution in [0.5, 0.6) is 0 Å². The van der Waals surface area contributed by atoms with Crippen molar-refractivity contribution in [1.29, 1.82) is 0 Å². The quantitative estimate of drug-likeness (QED) is 0.730. The Hall–Kier alpha value is -1.89. The number of quaternary nitrogens is 1. The molecule has 0 aromatic carbocycles. The second-order valence-electron chi connectivity index (χ2n) is 5.65. The maximum absolute atomic E-state index is 12.2. The first-order valence-corrected chi connectivity index (χ1v) is 7.27. The van der Waals surface area contributed by atoms with Gasteiger partial charge in [-0.25, -0.2) is 0 Å². The maximum Gasteiger partial charge on any atom is 0.279 e. The summed E-state index contributed by atoms with van der Waals surface area (Å²) in [6.45, 7) is 8.93. The number of anilines is 1. The summed E-state index contributed by atoms with van der Waals surface area (Å²) in [6.07, 6.45) is 0. The minimum atomic E-state index is 0.000440. The first-order valence-electron chi connectivity index (χ1n) is 7.27. The van der Waals surface area contributed by atoms with E-state index in [9.17, 15) is 9.59 Å². The average molecular weight is 294 g/mol. The number of amides is 2. The summed E-state index contributed by atoms with van der Waals surface area (Å²) in [5.74, 6) is 0.112. The second kappa shape index (κ2) is 6.26. The number of nitrogens with zero attached hydrogens (tertiary/aromatic N) is 3. The molecule has 0 bridgehead atoms. The highest BCUT2D eigenvalue weighted by Crippen LogP contribution is 2.17. The lowest BCUT2D eigenvalue weighted by Crippen LogP contribution is -3.15. The molecule has 0 atom stereocenters. The van der Waals surface area contributed by atoms with Gasteiger partial charge in [-0.3, -0.25) is 14.3 Å². The standard InChI is InChI=1S/C14H23N5O2/c1-10-14(11(2)17(4)16-10)15-13(21)9-18-5-7-19(8-6-18)12(3)20/h5-9H2,1-4H3,(H,15,21)/p+1. The van der Waals surface area contributed by atoms with Gasteiger partial charge in [0.15, 0.2) is 6.54 Å². The smallest absolute Gasteiger partial charge is 0.279 e.